The summed E-state index contributed by atoms with van der Waals surface area (Å²) in [7, 11) is -3.02. The highest BCUT2D eigenvalue weighted by molar-refractivity contribution is 7.82. The minimum absolute atomic E-state index is 0.125. The molecule has 1 unspecified atom stereocenters. The third-order valence-electron chi connectivity index (χ3n) is 13.4. The molecule has 62 heavy (non-hydrogen) atoms. The highest BCUT2D eigenvalue weighted by Crippen LogP contribution is 2.55. The molecule has 3 nitrogen and oxygen atoms in total. The quantitative estimate of drug-likeness (QED) is 0.143. The van der Waals surface area contributed by atoms with Gasteiger partial charge in [-0.2, -0.15) is 0 Å². The third-order valence-corrected chi connectivity index (χ3v) is 16.6. The van der Waals surface area contributed by atoms with Gasteiger partial charge in [0.25, 0.3) is 0 Å². The largest absolute Gasteiger partial charge is 0.455 e. The van der Waals surface area contributed by atoms with Crippen LogP contribution >= 0.6 is 7.14 Å². The molecule has 6 aromatic carbocycles. The summed E-state index contributed by atoms with van der Waals surface area (Å²) in [6.07, 6.45) is 25.0. The van der Waals surface area contributed by atoms with Crippen molar-refractivity contribution in [1.29, 1.82) is 0 Å². The molecule has 0 N–H and O–H groups in total. The van der Waals surface area contributed by atoms with Crippen LogP contribution in [0.25, 0.3) is 49.4 Å². The lowest BCUT2D eigenvalue weighted by atomic mass is 9.82. The van der Waals surface area contributed by atoms with Gasteiger partial charge in [-0.15, -0.1) is 0 Å². The fraction of sp³-hybridized carbons (Fsp3) is 0.155. The van der Waals surface area contributed by atoms with Gasteiger partial charge in [0, 0.05) is 32.3 Å². The highest BCUT2D eigenvalue weighted by atomic mass is 31.2. The number of aliphatic imine (C=N–C) groups is 1. The number of hydrogen-bond acceptors (Lipinski definition) is 3. The molecule has 1 atom stereocenters. The van der Waals surface area contributed by atoms with Gasteiger partial charge in [0.05, 0.1) is 11.8 Å². The number of furan rings is 1. The van der Waals surface area contributed by atoms with Crippen molar-refractivity contribution in [2.45, 2.75) is 57.9 Å². The van der Waals surface area contributed by atoms with Crippen LogP contribution in [0.4, 0.5) is 0 Å². The molecule has 302 valence electrons. The van der Waals surface area contributed by atoms with Crippen LogP contribution in [0.5, 0.6) is 0 Å². The van der Waals surface area contributed by atoms with Crippen molar-refractivity contribution >= 4 is 61.7 Å². The number of allylic oxidation sites excluding steroid dienone is 11. The van der Waals surface area contributed by atoms with Crippen LogP contribution in [0.2, 0.25) is 0 Å². The molecular formula is C58H48NO2P. The van der Waals surface area contributed by atoms with Crippen LogP contribution in [0, 0.1) is 0 Å². The molecule has 11 rings (SSSR count). The van der Waals surface area contributed by atoms with Gasteiger partial charge in [-0.3, -0.25) is 4.99 Å². The molecule has 0 fully saturated rings. The summed E-state index contributed by atoms with van der Waals surface area (Å²) in [5.74, 6) is 0. The van der Waals surface area contributed by atoms with Gasteiger partial charge in [-0.25, -0.2) is 0 Å². The summed E-state index contributed by atoms with van der Waals surface area (Å²) in [6, 6.07) is 46.6. The zero-order chi connectivity index (χ0) is 41.6. The zero-order valence-corrected chi connectivity index (χ0v) is 36.0. The fourth-order valence-electron chi connectivity index (χ4n) is 10.2. The molecular weight excluding hydrogens is 774 g/mol. The van der Waals surface area contributed by atoms with Gasteiger partial charge in [-0.1, -0.05) is 170 Å². The lowest BCUT2D eigenvalue weighted by Crippen LogP contribution is -2.22. The summed E-state index contributed by atoms with van der Waals surface area (Å²) < 4.78 is 22.0. The molecule has 4 heteroatoms. The molecule has 0 spiro atoms. The van der Waals surface area contributed by atoms with Gasteiger partial charge >= 0.3 is 0 Å². The van der Waals surface area contributed by atoms with Crippen LogP contribution in [0.3, 0.4) is 0 Å². The number of benzene rings is 6. The lowest BCUT2D eigenvalue weighted by molar-refractivity contribution is 0.589. The van der Waals surface area contributed by atoms with Crippen LogP contribution in [-0.4, -0.2) is 11.8 Å². The van der Waals surface area contributed by atoms with E-state index in [0.717, 1.165) is 110 Å². The number of dihydropyridines is 1. The van der Waals surface area contributed by atoms with E-state index in [4.69, 9.17) is 9.41 Å². The third kappa shape index (κ3) is 6.68. The van der Waals surface area contributed by atoms with Gasteiger partial charge in [0.15, 0.2) is 7.14 Å². The van der Waals surface area contributed by atoms with E-state index in [-0.39, 0.29) is 6.04 Å². The second-order valence-corrected chi connectivity index (χ2v) is 19.8. The predicted octanol–water partition coefficient (Wildman–Crippen LogP) is 14.9. The molecule has 0 amide bonds. The molecule has 7 aromatic rings. The predicted molar refractivity (Wildman–Crippen MR) is 262 cm³/mol. The van der Waals surface area contributed by atoms with Crippen molar-refractivity contribution in [3.63, 3.8) is 0 Å². The van der Waals surface area contributed by atoms with Crippen molar-refractivity contribution < 1.29 is 8.98 Å². The van der Waals surface area contributed by atoms with Gasteiger partial charge in [0.1, 0.15) is 11.2 Å². The molecule has 0 bridgehead atoms. The Bertz CT molecular complexity index is 3180. The van der Waals surface area contributed by atoms with Gasteiger partial charge in [-0.05, 0) is 119 Å². The van der Waals surface area contributed by atoms with Crippen molar-refractivity contribution in [3.05, 3.63) is 221 Å². The minimum atomic E-state index is -3.02. The van der Waals surface area contributed by atoms with Gasteiger partial charge < -0.3 is 8.98 Å². The number of nitrogens with zero attached hydrogens (tertiary/aromatic N) is 1. The first-order chi connectivity index (χ1) is 30.5. The summed E-state index contributed by atoms with van der Waals surface area (Å²) in [4.78, 5) is 5.47. The zero-order valence-electron chi connectivity index (χ0n) is 35.1. The summed E-state index contributed by atoms with van der Waals surface area (Å²) in [5.41, 5.74) is 14.3. The molecule has 4 aliphatic rings. The highest BCUT2D eigenvalue weighted by Gasteiger charge is 2.33. The van der Waals surface area contributed by atoms with E-state index in [0.29, 0.717) is 6.42 Å². The Hall–Kier alpha value is -6.54. The Morgan fingerprint density at radius 2 is 1.37 bits per heavy atom. The smallest absolute Gasteiger partial charge is 0.167 e. The Labute approximate surface area is 364 Å². The Morgan fingerprint density at radius 1 is 0.629 bits per heavy atom. The first-order valence-corrected chi connectivity index (χ1v) is 23.9. The SMILES string of the molecule is CC1=C(C2=CC=CCC2)CC(C2=CCCC=C2)N=C1c1ccc(-c2cccc3oc4c5ccccc5c(C5=CC=C(P(=O)(c6ccccc6)c6ccccc6)CC5)cc4c23)cc1. The maximum absolute atomic E-state index is 15.2. The number of hydrogen-bond donors (Lipinski definition) is 0. The van der Waals surface area contributed by atoms with Crippen molar-refractivity contribution in [3.8, 4) is 11.1 Å². The van der Waals surface area contributed by atoms with Crippen molar-refractivity contribution in [2.24, 2.45) is 4.99 Å². The average molecular weight is 822 g/mol. The average Bonchev–Trinajstić information content (AvgIpc) is 3.74. The number of fused-ring (bicyclic) bond motifs is 5. The molecule has 0 saturated carbocycles. The molecule has 1 aromatic heterocycles. The molecule has 0 radical (unpaired) electrons. The first-order valence-electron chi connectivity index (χ1n) is 22.1. The van der Waals surface area contributed by atoms with Crippen LogP contribution < -0.4 is 10.6 Å². The molecule has 0 saturated heterocycles. The Balaban J connectivity index is 1.00. The van der Waals surface area contributed by atoms with E-state index >= 15 is 4.57 Å². The first kappa shape index (κ1) is 38.4. The van der Waals surface area contributed by atoms with Crippen LogP contribution in [-0.2, 0) is 4.57 Å². The van der Waals surface area contributed by atoms with Gasteiger partial charge in [0.2, 0.25) is 0 Å². The number of rotatable bonds is 8. The van der Waals surface area contributed by atoms with Crippen molar-refractivity contribution in [1.82, 2.24) is 0 Å². The maximum Gasteiger partial charge on any atom is 0.167 e. The van der Waals surface area contributed by atoms with E-state index in [1.807, 2.05) is 60.7 Å². The van der Waals surface area contributed by atoms with E-state index in [2.05, 4.69) is 128 Å². The lowest BCUT2D eigenvalue weighted by Gasteiger charge is -2.29. The molecule has 1 aliphatic heterocycles. The van der Waals surface area contributed by atoms with E-state index in [1.54, 1.807) is 0 Å². The minimum Gasteiger partial charge on any atom is -0.455 e. The monoisotopic (exact) mass is 821 g/mol. The van der Waals surface area contributed by atoms with E-state index in [9.17, 15) is 0 Å². The van der Waals surface area contributed by atoms with E-state index < -0.39 is 7.14 Å². The second kappa shape index (κ2) is 16.1. The van der Waals surface area contributed by atoms with Crippen LogP contribution in [0.15, 0.2) is 219 Å². The maximum atomic E-state index is 15.2. The van der Waals surface area contributed by atoms with Crippen LogP contribution in [0.1, 0.15) is 63.0 Å². The fourth-order valence-corrected chi connectivity index (χ4v) is 13.1. The normalized spacial score (nSPS) is 18.1. The van der Waals surface area contributed by atoms with Crippen molar-refractivity contribution in [2.75, 3.05) is 0 Å². The second-order valence-electron chi connectivity index (χ2n) is 17.0. The topological polar surface area (TPSA) is 42.6 Å². The standard InChI is InChI=1S/C58H48NO2P/c1-39-51(40-17-6-2-7-18-40)38-54(43-19-8-3-9-20-43)59-57(39)44-31-29-41(30-32-44)48-27-16-28-55-56(48)53-37-52(49-25-14-15-26-50(49)58(53)61-55)42-33-35-47(36-34-42)62(60,45-21-10-4-11-22-45)46-23-12-5-13-24-46/h2,4-6,8,10-17,19-33,35,37,54H,3,7,9,18,34,36,38H2,1H3. The summed E-state index contributed by atoms with van der Waals surface area (Å²) in [6.45, 7) is 2.27. The Kier molecular flexibility index (Phi) is 9.94. The Morgan fingerprint density at radius 3 is 2.06 bits per heavy atom. The summed E-state index contributed by atoms with van der Waals surface area (Å²) >= 11 is 0. The summed E-state index contributed by atoms with van der Waals surface area (Å²) in [5, 5.41) is 7.24. The molecule has 3 aliphatic carbocycles. The van der Waals surface area contributed by atoms with E-state index in [1.165, 1.54) is 33.4 Å². The molecule has 2 heterocycles.